The topological polar surface area (TPSA) is 78.1 Å². The van der Waals surface area contributed by atoms with Crippen molar-refractivity contribution in [2.24, 2.45) is 17.2 Å². The number of rotatable bonds is 6. The predicted octanol–water partition coefficient (Wildman–Crippen LogP) is 0.819. The summed E-state index contributed by atoms with van der Waals surface area (Å²) in [5.74, 6) is 0. The largest absolute Gasteiger partial charge is 0.330 e. The highest BCUT2D eigenvalue weighted by molar-refractivity contribution is 4.38. The maximum Gasteiger partial charge on any atom is -0.00653 e. The van der Waals surface area contributed by atoms with Gasteiger partial charge < -0.3 is 17.2 Å². The fourth-order valence-corrected chi connectivity index (χ4v) is 0.689. The Bertz CT molecular complexity index is 51.7. The smallest absolute Gasteiger partial charge is 0.00653 e. The summed E-state index contributed by atoms with van der Waals surface area (Å²) in [4.78, 5) is 0. The van der Waals surface area contributed by atoms with E-state index in [1.165, 1.54) is 25.7 Å². The summed E-state index contributed by atoms with van der Waals surface area (Å²) in [5, 5.41) is 0. The number of hydrogen-bond acceptors (Lipinski definition) is 3. The van der Waals surface area contributed by atoms with E-state index < -0.39 is 0 Å². The molecule has 0 spiro atoms. The summed E-state index contributed by atoms with van der Waals surface area (Å²) in [6, 6.07) is 0. The summed E-state index contributed by atoms with van der Waals surface area (Å²) < 4.78 is 0. The maximum absolute atomic E-state index is 5.27. The molecule has 0 atom stereocenters. The van der Waals surface area contributed by atoms with Gasteiger partial charge in [0.15, 0.2) is 0 Å². The first-order valence-electron chi connectivity index (χ1n) is 4.93. The van der Waals surface area contributed by atoms with E-state index >= 15 is 0 Å². The molecule has 0 heterocycles. The SMILES string of the molecule is CCCCCCN.NCCCN. The molecule has 3 heteroatoms. The Morgan fingerprint density at radius 2 is 1.17 bits per heavy atom. The molecule has 6 N–H and O–H groups in total. The zero-order valence-corrected chi connectivity index (χ0v) is 8.39. The molecule has 0 bridgehead atoms. The molecule has 0 amide bonds. The Hall–Kier alpha value is -0.120. The van der Waals surface area contributed by atoms with Gasteiger partial charge >= 0.3 is 0 Å². The Kier molecular flexibility index (Phi) is 20.5. The second-order valence-corrected chi connectivity index (χ2v) is 2.78. The Balaban J connectivity index is 0. The van der Waals surface area contributed by atoms with E-state index in [1.54, 1.807) is 0 Å². The van der Waals surface area contributed by atoms with Crippen LogP contribution in [0, 0.1) is 0 Å². The third-order valence-electron chi connectivity index (χ3n) is 1.47. The van der Waals surface area contributed by atoms with Gasteiger partial charge in [0.1, 0.15) is 0 Å². The van der Waals surface area contributed by atoms with Crippen LogP contribution < -0.4 is 17.2 Å². The minimum absolute atomic E-state index is 0.719. The van der Waals surface area contributed by atoms with E-state index in [9.17, 15) is 0 Å². The Morgan fingerprint density at radius 3 is 1.42 bits per heavy atom. The molecule has 0 aliphatic rings. The van der Waals surface area contributed by atoms with Gasteiger partial charge in [-0.1, -0.05) is 26.2 Å². The van der Waals surface area contributed by atoms with Gasteiger partial charge in [0.25, 0.3) is 0 Å². The lowest BCUT2D eigenvalue weighted by Crippen LogP contribution is -2.06. The molecule has 0 aliphatic carbocycles. The lowest BCUT2D eigenvalue weighted by molar-refractivity contribution is 0.674. The average molecular weight is 175 g/mol. The summed E-state index contributed by atoms with van der Waals surface area (Å²) in [7, 11) is 0. The number of nitrogens with two attached hydrogens (primary N) is 3. The Morgan fingerprint density at radius 1 is 0.667 bits per heavy atom. The summed E-state index contributed by atoms with van der Waals surface area (Å²) in [6.07, 6.45) is 6.11. The highest BCUT2D eigenvalue weighted by Crippen LogP contribution is 1.95. The van der Waals surface area contributed by atoms with Gasteiger partial charge in [0.05, 0.1) is 0 Å². The minimum atomic E-state index is 0.719. The van der Waals surface area contributed by atoms with Gasteiger partial charge in [-0.15, -0.1) is 0 Å². The monoisotopic (exact) mass is 175 g/mol. The second-order valence-electron chi connectivity index (χ2n) is 2.78. The fourth-order valence-electron chi connectivity index (χ4n) is 0.689. The van der Waals surface area contributed by atoms with Gasteiger partial charge in [0, 0.05) is 0 Å². The standard InChI is InChI=1S/C6H15N.C3H10N2/c1-2-3-4-5-6-7;4-2-1-3-5/h2-7H2,1H3;1-5H2. The molecular weight excluding hydrogens is 150 g/mol. The quantitative estimate of drug-likeness (QED) is 0.523. The van der Waals surface area contributed by atoms with Crippen molar-refractivity contribution < 1.29 is 0 Å². The van der Waals surface area contributed by atoms with Crippen LogP contribution in [0.25, 0.3) is 0 Å². The van der Waals surface area contributed by atoms with E-state index in [-0.39, 0.29) is 0 Å². The minimum Gasteiger partial charge on any atom is -0.330 e. The van der Waals surface area contributed by atoms with E-state index in [4.69, 9.17) is 17.2 Å². The first-order chi connectivity index (χ1) is 5.83. The third-order valence-corrected chi connectivity index (χ3v) is 1.47. The molecule has 0 saturated carbocycles. The molecule has 0 unspecified atom stereocenters. The van der Waals surface area contributed by atoms with Gasteiger partial charge in [-0.3, -0.25) is 0 Å². The molecule has 76 valence electrons. The maximum atomic E-state index is 5.27. The van der Waals surface area contributed by atoms with Gasteiger partial charge in [-0.2, -0.15) is 0 Å². The first-order valence-corrected chi connectivity index (χ1v) is 4.93. The molecule has 0 rings (SSSR count). The van der Waals surface area contributed by atoms with Crippen LogP contribution in [-0.4, -0.2) is 19.6 Å². The summed E-state index contributed by atoms with van der Waals surface area (Å²) in [6.45, 7) is 4.50. The zero-order valence-electron chi connectivity index (χ0n) is 8.39. The van der Waals surface area contributed by atoms with Crippen LogP contribution in [0.3, 0.4) is 0 Å². The van der Waals surface area contributed by atoms with Crippen molar-refractivity contribution in [1.82, 2.24) is 0 Å². The molecule has 0 fully saturated rings. The molecule has 12 heavy (non-hydrogen) atoms. The second kappa shape index (κ2) is 17.1. The number of unbranched alkanes of at least 4 members (excludes halogenated alkanes) is 3. The predicted molar refractivity (Wildman–Crippen MR) is 55.9 cm³/mol. The lowest BCUT2D eigenvalue weighted by atomic mass is 10.2. The molecule has 3 nitrogen and oxygen atoms in total. The normalized spacial score (nSPS) is 9.00. The van der Waals surface area contributed by atoms with Gasteiger partial charge in [0.2, 0.25) is 0 Å². The molecule has 0 aromatic carbocycles. The van der Waals surface area contributed by atoms with Crippen molar-refractivity contribution in [3.8, 4) is 0 Å². The fraction of sp³-hybridized carbons (Fsp3) is 1.00. The van der Waals surface area contributed by atoms with Crippen molar-refractivity contribution in [1.29, 1.82) is 0 Å². The molecule has 0 aromatic rings. The Labute approximate surface area is 76.7 Å². The van der Waals surface area contributed by atoms with Crippen LogP contribution in [-0.2, 0) is 0 Å². The van der Waals surface area contributed by atoms with Crippen molar-refractivity contribution in [3.63, 3.8) is 0 Å². The highest BCUT2D eigenvalue weighted by atomic mass is 14.6. The average Bonchev–Trinajstić information content (AvgIpc) is 2.08. The van der Waals surface area contributed by atoms with Crippen LogP contribution >= 0.6 is 0 Å². The molecule has 0 aliphatic heterocycles. The summed E-state index contributed by atoms with van der Waals surface area (Å²) in [5.41, 5.74) is 15.4. The lowest BCUT2D eigenvalue weighted by Gasteiger charge is -1.90. The van der Waals surface area contributed by atoms with Gasteiger partial charge in [-0.05, 0) is 32.5 Å². The van der Waals surface area contributed by atoms with Crippen molar-refractivity contribution in [3.05, 3.63) is 0 Å². The van der Waals surface area contributed by atoms with E-state index in [1.807, 2.05) is 0 Å². The van der Waals surface area contributed by atoms with E-state index in [2.05, 4.69) is 6.92 Å². The zero-order chi connectivity index (χ0) is 9.66. The van der Waals surface area contributed by atoms with Crippen LogP contribution in [0.1, 0.15) is 39.0 Å². The van der Waals surface area contributed by atoms with Crippen LogP contribution in [0.4, 0.5) is 0 Å². The first kappa shape index (κ1) is 14.4. The van der Waals surface area contributed by atoms with Gasteiger partial charge in [-0.25, -0.2) is 0 Å². The van der Waals surface area contributed by atoms with Crippen LogP contribution in [0.15, 0.2) is 0 Å². The van der Waals surface area contributed by atoms with Crippen molar-refractivity contribution in [2.75, 3.05) is 19.6 Å². The highest BCUT2D eigenvalue weighted by Gasteiger charge is 1.80. The molecule has 0 saturated heterocycles. The van der Waals surface area contributed by atoms with E-state index in [0.29, 0.717) is 0 Å². The van der Waals surface area contributed by atoms with E-state index in [0.717, 1.165) is 26.1 Å². The van der Waals surface area contributed by atoms with Crippen molar-refractivity contribution in [2.45, 2.75) is 39.0 Å². The van der Waals surface area contributed by atoms with Crippen LogP contribution in [0.5, 0.6) is 0 Å². The van der Waals surface area contributed by atoms with Crippen LogP contribution in [0.2, 0.25) is 0 Å². The molecule has 0 aromatic heterocycles. The summed E-state index contributed by atoms with van der Waals surface area (Å²) >= 11 is 0. The molecule has 0 radical (unpaired) electrons. The molecular formula is C9H25N3. The number of hydrogen-bond donors (Lipinski definition) is 3. The third kappa shape index (κ3) is 22.5. The van der Waals surface area contributed by atoms with Crippen molar-refractivity contribution >= 4 is 0 Å².